The number of primary amides is 2. The molecular weight excluding hydrogens is 318 g/mol. The summed E-state index contributed by atoms with van der Waals surface area (Å²) in [5, 5.41) is 3.21. The molecule has 0 saturated carbocycles. The van der Waals surface area contributed by atoms with Crippen molar-refractivity contribution in [3.8, 4) is 5.75 Å². The highest BCUT2D eigenvalue weighted by Gasteiger charge is 2.24. The molecule has 3 rings (SSSR count). The van der Waals surface area contributed by atoms with E-state index in [9.17, 15) is 9.59 Å². The molecule has 0 fully saturated rings. The molecule has 7 nitrogen and oxygen atoms in total. The lowest BCUT2D eigenvalue weighted by Gasteiger charge is -2.05. The van der Waals surface area contributed by atoms with Crippen LogP contribution in [-0.4, -0.2) is 18.5 Å². The van der Waals surface area contributed by atoms with Gasteiger partial charge in [-0.2, -0.15) is 0 Å². The predicted octanol–water partition coefficient (Wildman–Crippen LogP) is 3.03. The van der Waals surface area contributed by atoms with Gasteiger partial charge in [-0.1, -0.05) is 13.0 Å². The zero-order valence-corrected chi connectivity index (χ0v) is 13.2. The fraction of sp³-hybridized carbons (Fsp3) is 0.200. The van der Waals surface area contributed by atoms with Gasteiger partial charge in [0.2, 0.25) is 5.76 Å². The number of hydrogen-bond donors (Lipinski definition) is 3. The summed E-state index contributed by atoms with van der Waals surface area (Å²) in [4.78, 5) is 22.7. The number of urea groups is 1. The maximum Gasteiger partial charge on any atom is 0.316 e. The van der Waals surface area contributed by atoms with E-state index in [-0.39, 0.29) is 11.4 Å². The molecule has 0 unspecified atom stereocenters. The highest BCUT2D eigenvalue weighted by molar-refractivity contribution is 7.26. The van der Waals surface area contributed by atoms with E-state index in [4.69, 9.17) is 20.6 Å². The van der Waals surface area contributed by atoms with Crippen LogP contribution >= 0.6 is 11.3 Å². The first kappa shape index (κ1) is 15.2. The molecule has 3 aromatic rings. The van der Waals surface area contributed by atoms with Crippen LogP contribution in [0.5, 0.6) is 5.75 Å². The van der Waals surface area contributed by atoms with Crippen molar-refractivity contribution in [3.05, 3.63) is 24.0 Å². The van der Waals surface area contributed by atoms with Crippen LogP contribution in [0.2, 0.25) is 0 Å². The van der Waals surface area contributed by atoms with Gasteiger partial charge in [0.25, 0.3) is 5.91 Å². The number of carbonyl (C=O) groups is 2. The molecule has 2 aromatic heterocycles. The number of rotatable bonds is 5. The van der Waals surface area contributed by atoms with E-state index < -0.39 is 11.9 Å². The van der Waals surface area contributed by atoms with Crippen LogP contribution in [0.25, 0.3) is 20.4 Å². The molecule has 5 N–H and O–H groups in total. The molecule has 0 atom stereocenters. The Balaban J connectivity index is 2.25. The van der Waals surface area contributed by atoms with Gasteiger partial charge in [0.05, 0.1) is 16.0 Å². The van der Waals surface area contributed by atoms with Crippen molar-refractivity contribution in [2.45, 2.75) is 13.3 Å². The number of thiophene rings is 1. The Bertz CT molecular complexity index is 912. The van der Waals surface area contributed by atoms with Crippen molar-refractivity contribution < 1.29 is 18.7 Å². The van der Waals surface area contributed by atoms with Gasteiger partial charge in [-0.25, -0.2) is 4.79 Å². The molecule has 2 heterocycles. The molecule has 3 amide bonds. The van der Waals surface area contributed by atoms with E-state index in [1.54, 1.807) is 0 Å². The summed E-state index contributed by atoms with van der Waals surface area (Å²) in [7, 11) is 0. The van der Waals surface area contributed by atoms with Crippen LogP contribution in [0.15, 0.2) is 22.6 Å². The van der Waals surface area contributed by atoms with Crippen molar-refractivity contribution in [1.29, 1.82) is 0 Å². The third-order valence-corrected chi connectivity index (χ3v) is 4.44. The van der Waals surface area contributed by atoms with Crippen LogP contribution in [0.4, 0.5) is 10.5 Å². The molecule has 120 valence electrons. The average molecular weight is 333 g/mol. The molecular formula is C15H15N3O4S. The van der Waals surface area contributed by atoms with Crippen LogP contribution in [0.1, 0.15) is 23.9 Å². The normalized spacial score (nSPS) is 11.0. The Morgan fingerprint density at radius 1 is 1.30 bits per heavy atom. The molecule has 0 aliphatic carbocycles. The van der Waals surface area contributed by atoms with Crippen molar-refractivity contribution >= 4 is 49.3 Å². The van der Waals surface area contributed by atoms with Crippen molar-refractivity contribution in [2.75, 3.05) is 11.9 Å². The highest BCUT2D eigenvalue weighted by atomic mass is 32.1. The Morgan fingerprint density at radius 2 is 2.09 bits per heavy atom. The maximum atomic E-state index is 11.5. The summed E-state index contributed by atoms with van der Waals surface area (Å²) in [6.45, 7) is 2.62. The van der Waals surface area contributed by atoms with Crippen molar-refractivity contribution in [2.24, 2.45) is 11.5 Å². The van der Waals surface area contributed by atoms with E-state index in [1.165, 1.54) is 11.3 Å². The fourth-order valence-corrected chi connectivity index (χ4v) is 3.52. The molecule has 23 heavy (non-hydrogen) atoms. The van der Waals surface area contributed by atoms with E-state index in [0.717, 1.165) is 22.3 Å². The molecule has 0 spiro atoms. The van der Waals surface area contributed by atoms with Gasteiger partial charge < -0.3 is 25.9 Å². The first-order valence-corrected chi connectivity index (χ1v) is 7.81. The number of ether oxygens (including phenoxy) is 1. The Kier molecular flexibility index (Phi) is 3.83. The predicted molar refractivity (Wildman–Crippen MR) is 89.1 cm³/mol. The quantitative estimate of drug-likeness (QED) is 0.664. The van der Waals surface area contributed by atoms with E-state index in [2.05, 4.69) is 5.32 Å². The van der Waals surface area contributed by atoms with Crippen LogP contribution in [0, 0.1) is 0 Å². The standard InChI is InChI=1S/C15H15N3O4S/c1-2-6-21-8-5-3-4-7-10-13(23-12(7)8)9(18-15(17)20)11(22-10)14(16)19/h3-5H,2,6H2,1H3,(H2,16,19)(H3,17,18,20). The van der Waals surface area contributed by atoms with Crippen molar-refractivity contribution in [1.82, 2.24) is 0 Å². The summed E-state index contributed by atoms with van der Waals surface area (Å²) >= 11 is 1.35. The summed E-state index contributed by atoms with van der Waals surface area (Å²) in [6, 6.07) is 4.77. The van der Waals surface area contributed by atoms with E-state index >= 15 is 0 Å². The van der Waals surface area contributed by atoms with Gasteiger partial charge >= 0.3 is 6.03 Å². The fourth-order valence-electron chi connectivity index (χ4n) is 2.33. The first-order chi connectivity index (χ1) is 11.0. The van der Waals surface area contributed by atoms with E-state index in [0.29, 0.717) is 16.9 Å². The molecule has 0 aliphatic heterocycles. The summed E-state index contributed by atoms with van der Waals surface area (Å²) < 4.78 is 12.8. The summed E-state index contributed by atoms with van der Waals surface area (Å²) in [5.74, 6) is -0.165. The minimum atomic E-state index is -0.796. The van der Waals surface area contributed by atoms with Gasteiger partial charge in [-0.05, 0) is 18.6 Å². The van der Waals surface area contributed by atoms with E-state index in [1.807, 2.05) is 25.1 Å². The number of anilines is 1. The van der Waals surface area contributed by atoms with Gasteiger partial charge in [-0.3, -0.25) is 4.79 Å². The SMILES string of the molecule is CCCOc1cccc2c1sc1c(NC(N)=O)c(C(N)=O)oc12. The third kappa shape index (κ3) is 2.57. The number of carbonyl (C=O) groups excluding carboxylic acids is 2. The van der Waals surface area contributed by atoms with Gasteiger partial charge in [0.15, 0.2) is 5.58 Å². The zero-order chi connectivity index (χ0) is 16.6. The Morgan fingerprint density at radius 3 is 2.74 bits per heavy atom. The Hall–Kier alpha value is -2.74. The van der Waals surface area contributed by atoms with Crippen molar-refractivity contribution in [3.63, 3.8) is 0 Å². The molecule has 0 saturated heterocycles. The molecule has 0 bridgehead atoms. The first-order valence-electron chi connectivity index (χ1n) is 7.00. The van der Waals surface area contributed by atoms with Gasteiger partial charge in [0.1, 0.15) is 11.4 Å². The highest BCUT2D eigenvalue weighted by Crippen LogP contribution is 2.45. The lowest BCUT2D eigenvalue weighted by Crippen LogP contribution is -2.21. The number of amides is 3. The number of nitrogens with two attached hydrogens (primary N) is 2. The number of hydrogen-bond acceptors (Lipinski definition) is 5. The number of fused-ring (bicyclic) bond motifs is 3. The summed E-state index contributed by atoms with van der Waals surface area (Å²) in [6.07, 6.45) is 0.887. The third-order valence-electron chi connectivity index (χ3n) is 3.23. The second-order valence-electron chi connectivity index (χ2n) is 4.90. The largest absolute Gasteiger partial charge is 0.492 e. The lowest BCUT2D eigenvalue weighted by molar-refractivity contribution is 0.0977. The number of furan rings is 1. The molecule has 0 radical (unpaired) electrons. The number of nitrogens with one attached hydrogen (secondary N) is 1. The maximum absolute atomic E-state index is 11.5. The second-order valence-corrected chi connectivity index (χ2v) is 5.92. The minimum absolute atomic E-state index is 0.119. The van der Waals surface area contributed by atoms with Gasteiger partial charge in [0, 0.05) is 5.39 Å². The topological polar surface area (TPSA) is 121 Å². The monoisotopic (exact) mass is 333 g/mol. The minimum Gasteiger partial charge on any atom is -0.492 e. The van der Waals surface area contributed by atoms with Gasteiger partial charge in [-0.15, -0.1) is 11.3 Å². The zero-order valence-electron chi connectivity index (χ0n) is 12.3. The molecule has 0 aliphatic rings. The van der Waals surface area contributed by atoms with Crippen LogP contribution in [0.3, 0.4) is 0 Å². The smallest absolute Gasteiger partial charge is 0.316 e. The summed E-state index contributed by atoms with van der Waals surface area (Å²) in [5.41, 5.74) is 11.2. The average Bonchev–Trinajstić information content (AvgIpc) is 3.02. The molecule has 1 aromatic carbocycles. The molecule has 8 heteroatoms. The van der Waals surface area contributed by atoms with Crippen LogP contribution < -0.4 is 21.5 Å². The van der Waals surface area contributed by atoms with Crippen LogP contribution in [-0.2, 0) is 0 Å². The lowest BCUT2D eigenvalue weighted by atomic mass is 10.2. The number of benzene rings is 1. The Labute approximate surface area is 135 Å². The second kappa shape index (κ2) is 5.81.